The Labute approximate surface area is 128 Å². The summed E-state index contributed by atoms with van der Waals surface area (Å²) in [5.41, 5.74) is 7.02. The van der Waals surface area contributed by atoms with Crippen molar-refractivity contribution in [2.75, 3.05) is 20.3 Å². The van der Waals surface area contributed by atoms with Crippen molar-refractivity contribution in [3.8, 4) is 0 Å². The molecule has 4 nitrogen and oxygen atoms in total. The quantitative estimate of drug-likeness (QED) is 0.929. The van der Waals surface area contributed by atoms with Crippen LogP contribution in [0.3, 0.4) is 0 Å². The third kappa shape index (κ3) is 3.26. The van der Waals surface area contributed by atoms with Gasteiger partial charge >= 0.3 is 0 Å². The predicted molar refractivity (Wildman–Crippen MR) is 80.0 cm³/mol. The van der Waals surface area contributed by atoms with Gasteiger partial charge in [0.2, 0.25) is 5.91 Å². The molecule has 2 atom stereocenters. The van der Waals surface area contributed by atoms with E-state index in [1.165, 1.54) is 0 Å². The van der Waals surface area contributed by atoms with E-state index < -0.39 is 0 Å². The van der Waals surface area contributed by atoms with Gasteiger partial charge in [0.15, 0.2) is 0 Å². The molecule has 0 aromatic heterocycles. The maximum absolute atomic E-state index is 12.2. The molecule has 0 aliphatic carbocycles. The number of halogens is 2. The van der Waals surface area contributed by atoms with Gasteiger partial charge < -0.3 is 15.4 Å². The summed E-state index contributed by atoms with van der Waals surface area (Å²) < 4.78 is 5.07. The first-order valence-electron chi connectivity index (χ1n) is 6.53. The van der Waals surface area contributed by atoms with E-state index in [0.717, 1.165) is 5.56 Å². The molecule has 2 unspecified atom stereocenters. The minimum atomic E-state index is -0.252. The number of nitrogens with two attached hydrogens (primary N) is 1. The fraction of sp³-hybridized carbons (Fsp3) is 0.500. The van der Waals surface area contributed by atoms with Crippen molar-refractivity contribution < 1.29 is 9.53 Å². The molecule has 1 aromatic rings. The number of amides is 1. The number of nitrogens with zero attached hydrogens (tertiary/aromatic N) is 1. The van der Waals surface area contributed by atoms with Gasteiger partial charge in [-0.25, -0.2) is 0 Å². The van der Waals surface area contributed by atoms with Gasteiger partial charge in [0, 0.05) is 36.2 Å². The number of hydrogen-bond donors (Lipinski definition) is 1. The van der Waals surface area contributed by atoms with Gasteiger partial charge in [0.05, 0.1) is 12.6 Å². The van der Waals surface area contributed by atoms with Crippen molar-refractivity contribution in [2.24, 2.45) is 5.73 Å². The van der Waals surface area contributed by atoms with E-state index in [-0.39, 0.29) is 18.0 Å². The first-order chi connectivity index (χ1) is 9.54. The lowest BCUT2D eigenvalue weighted by molar-refractivity contribution is -0.138. The Bertz CT molecular complexity index is 496. The number of methoxy groups -OCH3 is 1. The number of likely N-dealkylation sites (tertiary alicyclic amines) is 1. The Balaban J connectivity index is 2.36. The molecule has 110 valence electrons. The molecule has 0 spiro atoms. The van der Waals surface area contributed by atoms with Crippen LogP contribution in [0.5, 0.6) is 0 Å². The summed E-state index contributed by atoms with van der Waals surface area (Å²) in [4.78, 5) is 13.9. The van der Waals surface area contributed by atoms with E-state index in [4.69, 9.17) is 33.7 Å². The van der Waals surface area contributed by atoms with Crippen molar-refractivity contribution in [1.82, 2.24) is 4.90 Å². The van der Waals surface area contributed by atoms with Gasteiger partial charge in [0.1, 0.15) is 0 Å². The summed E-state index contributed by atoms with van der Waals surface area (Å²) >= 11 is 12.3. The van der Waals surface area contributed by atoms with E-state index in [9.17, 15) is 4.79 Å². The van der Waals surface area contributed by atoms with Crippen molar-refractivity contribution in [2.45, 2.75) is 24.9 Å². The second-order valence-electron chi connectivity index (χ2n) is 4.89. The lowest BCUT2D eigenvalue weighted by Gasteiger charge is -2.40. The van der Waals surface area contributed by atoms with Crippen LogP contribution in [0.4, 0.5) is 0 Å². The molecule has 2 N–H and O–H groups in total. The molecule has 1 aliphatic heterocycles. The number of benzene rings is 1. The Morgan fingerprint density at radius 1 is 1.45 bits per heavy atom. The van der Waals surface area contributed by atoms with Crippen molar-refractivity contribution in [3.63, 3.8) is 0 Å². The number of rotatable bonds is 4. The first-order valence-corrected chi connectivity index (χ1v) is 7.29. The van der Waals surface area contributed by atoms with Crippen LogP contribution in [0, 0.1) is 0 Å². The van der Waals surface area contributed by atoms with Crippen LogP contribution in [-0.2, 0) is 9.53 Å². The van der Waals surface area contributed by atoms with E-state index in [1.807, 2.05) is 0 Å². The van der Waals surface area contributed by atoms with Gasteiger partial charge in [-0.1, -0.05) is 23.2 Å². The summed E-state index contributed by atoms with van der Waals surface area (Å²) in [6.07, 6.45) is 1.11. The van der Waals surface area contributed by atoms with Crippen molar-refractivity contribution >= 4 is 29.1 Å². The van der Waals surface area contributed by atoms with Gasteiger partial charge in [0.25, 0.3) is 0 Å². The van der Waals surface area contributed by atoms with Gasteiger partial charge in [-0.05, 0) is 30.2 Å². The van der Waals surface area contributed by atoms with Crippen molar-refractivity contribution in [3.05, 3.63) is 33.8 Å². The second kappa shape index (κ2) is 6.76. The summed E-state index contributed by atoms with van der Waals surface area (Å²) in [6, 6.07) is 4.84. The highest BCUT2D eigenvalue weighted by Crippen LogP contribution is 2.36. The summed E-state index contributed by atoms with van der Waals surface area (Å²) in [5.74, 6) is 0.0739. The molecule has 20 heavy (non-hydrogen) atoms. The molecule has 0 radical (unpaired) electrons. The maximum atomic E-state index is 12.2. The molecule has 1 fully saturated rings. The van der Waals surface area contributed by atoms with Gasteiger partial charge in [-0.15, -0.1) is 0 Å². The molecule has 1 saturated heterocycles. The highest BCUT2D eigenvalue weighted by molar-refractivity contribution is 6.33. The number of ether oxygens (including phenoxy) is 1. The summed E-state index contributed by atoms with van der Waals surface area (Å²) in [6.45, 7) is 0.962. The highest BCUT2D eigenvalue weighted by atomic mass is 35.5. The third-order valence-electron chi connectivity index (χ3n) is 3.57. The van der Waals surface area contributed by atoms with E-state index >= 15 is 0 Å². The molecule has 1 heterocycles. The largest absolute Gasteiger partial charge is 0.383 e. The Morgan fingerprint density at radius 3 is 2.90 bits per heavy atom. The number of hydrogen-bond acceptors (Lipinski definition) is 3. The first kappa shape index (κ1) is 15.6. The van der Waals surface area contributed by atoms with Gasteiger partial charge in [-0.3, -0.25) is 4.79 Å². The second-order valence-corrected chi connectivity index (χ2v) is 5.74. The number of piperidine rings is 1. The van der Waals surface area contributed by atoms with Crippen molar-refractivity contribution in [1.29, 1.82) is 0 Å². The van der Waals surface area contributed by atoms with Crippen LogP contribution in [-0.4, -0.2) is 37.1 Å². The Hall–Kier alpha value is -0.810. The van der Waals surface area contributed by atoms with Crippen LogP contribution in [0.2, 0.25) is 10.0 Å². The maximum Gasteiger partial charge on any atom is 0.223 e. The van der Waals surface area contributed by atoms with E-state index in [2.05, 4.69) is 0 Å². The Kier molecular flexibility index (Phi) is 5.27. The van der Waals surface area contributed by atoms with Gasteiger partial charge in [-0.2, -0.15) is 0 Å². The lowest BCUT2D eigenvalue weighted by atomic mass is 9.90. The SMILES string of the molecule is COCCN1C(=O)CCC(N)C1c1cc(Cl)ccc1Cl. The molecule has 1 amide bonds. The minimum Gasteiger partial charge on any atom is -0.383 e. The molecule has 1 aromatic carbocycles. The molecule has 1 aliphatic rings. The Morgan fingerprint density at radius 2 is 2.20 bits per heavy atom. The zero-order valence-corrected chi connectivity index (χ0v) is 12.8. The monoisotopic (exact) mass is 316 g/mol. The third-order valence-corrected chi connectivity index (χ3v) is 4.15. The zero-order valence-electron chi connectivity index (χ0n) is 11.3. The molecule has 6 heteroatoms. The van der Waals surface area contributed by atoms with E-state index in [0.29, 0.717) is 36.0 Å². The van der Waals surface area contributed by atoms with Crippen LogP contribution in [0.25, 0.3) is 0 Å². The minimum absolute atomic E-state index is 0.0739. The predicted octanol–water partition coefficient (Wildman–Crippen LogP) is 2.63. The lowest BCUT2D eigenvalue weighted by Crippen LogP contribution is -2.49. The van der Waals surface area contributed by atoms with Crippen LogP contribution >= 0.6 is 23.2 Å². The van der Waals surface area contributed by atoms with Crippen LogP contribution in [0.1, 0.15) is 24.4 Å². The van der Waals surface area contributed by atoms with Crippen LogP contribution in [0.15, 0.2) is 18.2 Å². The normalized spacial score (nSPS) is 23.2. The average molecular weight is 317 g/mol. The summed E-state index contributed by atoms with van der Waals surface area (Å²) in [7, 11) is 1.61. The smallest absolute Gasteiger partial charge is 0.223 e. The van der Waals surface area contributed by atoms with E-state index in [1.54, 1.807) is 30.2 Å². The topological polar surface area (TPSA) is 55.6 Å². The fourth-order valence-corrected chi connectivity index (χ4v) is 2.98. The molecule has 0 saturated carbocycles. The number of carbonyl (C=O) groups excluding carboxylic acids is 1. The molecule has 0 bridgehead atoms. The highest BCUT2D eigenvalue weighted by Gasteiger charge is 2.35. The standard InChI is InChI=1S/C14H18Cl2N2O2/c1-20-7-6-18-13(19)5-4-12(17)14(18)10-8-9(15)2-3-11(10)16/h2-3,8,12,14H,4-7,17H2,1H3. The molecular weight excluding hydrogens is 299 g/mol. The summed E-state index contributed by atoms with van der Waals surface area (Å²) in [5, 5.41) is 1.16. The van der Waals surface area contributed by atoms with Crippen LogP contribution < -0.4 is 5.73 Å². The average Bonchev–Trinajstić information content (AvgIpc) is 2.42. The molecule has 2 rings (SSSR count). The fourth-order valence-electron chi connectivity index (χ4n) is 2.57. The number of carbonyl (C=O) groups is 1. The molecular formula is C14H18Cl2N2O2. The zero-order chi connectivity index (χ0) is 14.7.